The number of hydrogen-bond donors (Lipinski definition) is 1. The van der Waals surface area contributed by atoms with Gasteiger partial charge in [-0.05, 0) is 52.5 Å². The fourth-order valence-corrected chi connectivity index (χ4v) is 3.54. The fraction of sp³-hybridized carbons (Fsp3) is 0.680. The zero-order chi connectivity index (χ0) is 23.9. The minimum Gasteiger partial charge on any atom is -0.458 e. The molecule has 1 heterocycles. The van der Waals surface area contributed by atoms with E-state index in [9.17, 15) is 9.59 Å². The number of rotatable bonds is 6. The van der Waals surface area contributed by atoms with Crippen LogP contribution in [0.25, 0.3) is 0 Å². The van der Waals surface area contributed by atoms with Crippen molar-refractivity contribution in [1.29, 1.82) is 0 Å². The zero-order valence-corrected chi connectivity index (χ0v) is 20.5. The van der Waals surface area contributed by atoms with Gasteiger partial charge in [0.1, 0.15) is 11.7 Å². The van der Waals surface area contributed by atoms with Gasteiger partial charge in [-0.3, -0.25) is 0 Å². The molecule has 1 aliphatic heterocycles. The van der Waals surface area contributed by atoms with Crippen LogP contribution in [0, 0.1) is 18.8 Å². The molecule has 0 spiro atoms. The normalized spacial score (nSPS) is 24.8. The molecule has 7 nitrogen and oxygen atoms in total. The molecule has 0 saturated carbocycles. The predicted octanol–water partition coefficient (Wildman–Crippen LogP) is 4.05. The molecule has 0 aliphatic carbocycles. The Morgan fingerprint density at radius 3 is 2.44 bits per heavy atom. The van der Waals surface area contributed by atoms with Gasteiger partial charge in [0.25, 0.3) is 0 Å². The lowest BCUT2D eigenvalue weighted by atomic mass is 9.91. The summed E-state index contributed by atoms with van der Waals surface area (Å²) in [6, 6.07) is 7.42. The monoisotopic (exact) mass is 449 g/mol. The Balaban J connectivity index is 2.17. The van der Waals surface area contributed by atoms with Crippen molar-refractivity contribution in [1.82, 2.24) is 5.32 Å². The maximum Gasteiger partial charge on any atom is 0.408 e. The van der Waals surface area contributed by atoms with E-state index in [2.05, 4.69) is 50.4 Å². The van der Waals surface area contributed by atoms with Crippen molar-refractivity contribution >= 4 is 12.1 Å². The van der Waals surface area contributed by atoms with Gasteiger partial charge in [0.15, 0.2) is 6.04 Å². The molecule has 180 valence electrons. The minimum atomic E-state index is -0.948. The Labute approximate surface area is 192 Å². The van der Waals surface area contributed by atoms with Crippen molar-refractivity contribution < 1.29 is 28.5 Å². The maximum atomic E-state index is 12.8. The molecule has 7 heteroatoms. The van der Waals surface area contributed by atoms with Crippen LogP contribution in [-0.4, -0.2) is 55.7 Å². The third-order valence-electron chi connectivity index (χ3n) is 5.06. The van der Waals surface area contributed by atoms with E-state index in [-0.39, 0.29) is 18.6 Å². The van der Waals surface area contributed by atoms with E-state index in [1.54, 1.807) is 20.8 Å². The molecule has 4 unspecified atom stereocenters. The smallest absolute Gasteiger partial charge is 0.408 e. The Hall–Kier alpha value is -2.12. The molecule has 0 aromatic heterocycles. The molecular weight excluding hydrogens is 410 g/mol. The summed E-state index contributed by atoms with van der Waals surface area (Å²) in [5.41, 5.74) is 1.70. The number of nitrogens with one attached hydrogen (secondary N) is 1. The van der Waals surface area contributed by atoms with E-state index in [1.807, 2.05) is 6.92 Å². The quantitative estimate of drug-likeness (QED) is 0.660. The topological polar surface area (TPSA) is 83.1 Å². The Morgan fingerprint density at radius 2 is 1.84 bits per heavy atom. The van der Waals surface area contributed by atoms with Crippen molar-refractivity contribution in [2.24, 2.45) is 11.8 Å². The SMILES string of the molecule is Cc1ccc(CC2COCC(NC(=O)OC(C)(C)C)C(=O)OC(C)C2OCC(C)C)cc1. The molecule has 1 aromatic carbocycles. The van der Waals surface area contributed by atoms with Gasteiger partial charge in [0.2, 0.25) is 0 Å². The summed E-state index contributed by atoms with van der Waals surface area (Å²) in [4.78, 5) is 25.0. The van der Waals surface area contributed by atoms with Gasteiger partial charge in [-0.1, -0.05) is 43.7 Å². The highest BCUT2D eigenvalue weighted by molar-refractivity contribution is 5.81. The molecule has 1 N–H and O–H groups in total. The number of aryl methyl sites for hydroxylation is 1. The summed E-state index contributed by atoms with van der Waals surface area (Å²) < 4.78 is 23.1. The van der Waals surface area contributed by atoms with Crippen LogP contribution in [0.4, 0.5) is 4.79 Å². The molecule has 1 fully saturated rings. The first kappa shape index (κ1) is 26.1. The lowest BCUT2D eigenvalue weighted by Crippen LogP contribution is -2.48. The van der Waals surface area contributed by atoms with Gasteiger partial charge in [0.05, 0.1) is 19.3 Å². The summed E-state index contributed by atoms with van der Waals surface area (Å²) >= 11 is 0. The summed E-state index contributed by atoms with van der Waals surface area (Å²) in [6.07, 6.45) is -0.780. The second-order valence-electron chi connectivity index (χ2n) is 10.0. The van der Waals surface area contributed by atoms with Crippen LogP contribution in [-0.2, 0) is 30.2 Å². The number of hydrogen-bond acceptors (Lipinski definition) is 6. The van der Waals surface area contributed by atoms with Crippen molar-refractivity contribution in [3.05, 3.63) is 35.4 Å². The first-order valence-electron chi connectivity index (χ1n) is 11.4. The maximum absolute atomic E-state index is 12.8. The van der Waals surface area contributed by atoms with Gasteiger partial charge < -0.3 is 24.3 Å². The van der Waals surface area contributed by atoms with Gasteiger partial charge >= 0.3 is 12.1 Å². The van der Waals surface area contributed by atoms with E-state index in [4.69, 9.17) is 18.9 Å². The van der Waals surface area contributed by atoms with Crippen LogP contribution in [0.2, 0.25) is 0 Å². The molecule has 2 rings (SSSR count). The van der Waals surface area contributed by atoms with Crippen LogP contribution in [0.1, 0.15) is 52.7 Å². The number of carbonyl (C=O) groups excluding carboxylic acids is 2. The molecule has 1 amide bonds. The summed E-state index contributed by atoms with van der Waals surface area (Å²) in [7, 11) is 0. The third kappa shape index (κ3) is 8.79. The van der Waals surface area contributed by atoms with Crippen LogP contribution in [0.3, 0.4) is 0 Å². The number of alkyl carbamates (subject to hydrolysis) is 1. The summed E-state index contributed by atoms with van der Waals surface area (Å²) in [5, 5.41) is 2.58. The van der Waals surface area contributed by atoms with Crippen LogP contribution >= 0.6 is 0 Å². The van der Waals surface area contributed by atoms with E-state index in [1.165, 1.54) is 11.1 Å². The molecule has 0 radical (unpaired) electrons. The first-order valence-corrected chi connectivity index (χ1v) is 11.4. The highest BCUT2D eigenvalue weighted by Gasteiger charge is 2.36. The predicted molar refractivity (Wildman–Crippen MR) is 122 cm³/mol. The molecule has 1 aromatic rings. The highest BCUT2D eigenvalue weighted by atomic mass is 16.6. The Kier molecular flexibility index (Phi) is 9.52. The van der Waals surface area contributed by atoms with E-state index < -0.39 is 29.8 Å². The lowest BCUT2D eigenvalue weighted by molar-refractivity contribution is -0.161. The average Bonchev–Trinajstić information content (AvgIpc) is 2.71. The zero-order valence-electron chi connectivity index (χ0n) is 20.5. The molecule has 0 bridgehead atoms. The molecule has 32 heavy (non-hydrogen) atoms. The molecule has 4 atom stereocenters. The van der Waals surface area contributed by atoms with Crippen molar-refractivity contribution in [3.63, 3.8) is 0 Å². The van der Waals surface area contributed by atoms with Crippen molar-refractivity contribution in [3.8, 4) is 0 Å². The van der Waals surface area contributed by atoms with E-state index in [0.717, 1.165) is 6.42 Å². The van der Waals surface area contributed by atoms with E-state index >= 15 is 0 Å². The summed E-state index contributed by atoms with van der Waals surface area (Å²) in [6.45, 7) is 14.3. The van der Waals surface area contributed by atoms with Gasteiger partial charge in [-0.15, -0.1) is 0 Å². The lowest BCUT2D eigenvalue weighted by Gasteiger charge is -2.31. The number of amides is 1. The third-order valence-corrected chi connectivity index (χ3v) is 5.06. The standard InChI is InChI=1S/C25H39NO6/c1-16(2)13-30-22-18(4)31-23(27)21(26-24(28)32-25(5,6)7)15-29-14-20(22)12-19-10-8-17(3)9-11-19/h8-11,16,18,20-22H,12-15H2,1-7H3,(H,26,28). The first-order chi connectivity index (χ1) is 14.9. The van der Waals surface area contributed by atoms with Crippen LogP contribution in [0.15, 0.2) is 24.3 Å². The molecule has 1 saturated heterocycles. The number of benzene rings is 1. The number of carbonyl (C=O) groups is 2. The average molecular weight is 450 g/mol. The Morgan fingerprint density at radius 1 is 1.19 bits per heavy atom. The van der Waals surface area contributed by atoms with Gasteiger partial charge in [-0.25, -0.2) is 9.59 Å². The largest absolute Gasteiger partial charge is 0.458 e. The molecule has 1 aliphatic rings. The molecular formula is C25H39NO6. The second-order valence-corrected chi connectivity index (χ2v) is 10.0. The van der Waals surface area contributed by atoms with Gasteiger partial charge in [0, 0.05) is 12.5 Å². The van der Waals surface area contributed by atoms with Crippen molar-refractivity contribution in [2.75, 3.05) is 19.8 Å². The fourth-order valence-electron chi connectivity index (χ4n) is 3.54. The highest BCUT2D eigenvalue weighted by Crippen LogP contribution is 2.23. The summed E-state index contributed by atoms with van der Waals surface area (Å²) in [5.74, 6) is -0.231. The van der Waals surface area contributed by atoms with Gasteiger partial charge in [-0.2, -0.15) is 0 Å². The van der Waals surface area contributed by atoms with Crippen LogP contribution < -0.4 is 5.32 Å². The Bertz CT molecular complexity index is 740. The second kappa shape index (κ2) is 11.7. The number of ether oxygens (including phenoxy) is 4. The number of cyclic esters (lactones) is 1. The van der Waals surface area contributed by atoms with E-state index in [0.29, 0.717) is 19.1 Å². The number of esters is 1. The van der Waals surface area contributed by atoms with Crippen LogP contribution in [0.5, 0.6) is 0 Å². The van der Waals surface area contributed by atoms with Crippen molar-refractivity contribution in [2.45, 2.75) is 78.7 Å². The minimum absolute atomic E-state index is 0.00605.